The standard InChI is InChI=1S/C13H19N3O4S/c1-10(17)16-7-5-12(6-8-16)20-13-4-3-11(9-14-13)15-21(2,18)19/h3-4,9,12,15H,5-8H2,1-2H3. The molecule has 0 atom stereocenters. The van der Waals surface area contributed by atoms with E-state index in [1.807, 2.05) is 0 Å². The molecular weight excluding hydrogens is 294 g/mol. The lowest BCUT2D eigenvalue weighted by Gasteiger charge is -2.31. The molecule has 1 aliphatic rings. The van der Waals surface area contributed by atoms with E-state index >= 15 is 0 Å². The smallest absolute Gasteiger partial charge is 0.229 e. The van der Waals surface area contributed by atoms with Crippen molar-refractivity contribution >= 4 is 21.6 Å². The summed E-state index contributed by atoms with van der Waals surface area (Å²) in [6.07, 6.45) is 4.07. The molecule has 1 aromatic heterocycles. The van der Waals surface area contributed by atoms with E-state index in [0.717, 1.165) is 19.1 Å². The molecule has 0 radical (unpaired) electrons. The second-order valence-corrected chi connectivity index (χ2v) is 6.83. The zero-order valence-electron chi connectivity index (χ0n) is 12.1. The first kappa shape index (κ1) is 15.6. The highest BCUT2D eigenvalue weighted by atomic mass is 32.2. The first-order chi connectivity index (χ1) is 9.83. The van der Waals surface area contributed by atoms with Gasteiger partial charge in [0.05, 0.1) is 18.1 Å². The van der Waals surface area contributed by atoms with Gasteiger partial charge in [-0.25, -0.2) is 13.4 Å². The van der Waals surface area contributed by atoms with Crippen LogP contribution in [0.2, 0.25) is 0 Å². The monoisotopic (exact) mass is 313 g/mol. The van der Waals surface area contributed by atoms with Crippen molar-refractivity contribution in [3.05, 3.63) is 18.3 Å². The number of piperidine rings is 1. The number of nitrogens with zero attached hydrogens (tertiary/aromatic N) is 2. The maximum absolute atomic E-state index is 11.2. The topological polar surface area (TPSA) is 88.6 Å². The zero-order valence-corrected chi connectivity index (χ0v) is 12.9. The molecule has 0 bridgehead atoms. The molecule has 1 aromatic rings. The molecule has 0 unspecified atom stereocenters. The summed E-state index contributed by atoms with van der Waals surface area (Å²) in [5.41, 5.74) is 0.399. The Morgan fingerprint density at radius 1 is 1.38 bits per heavy atom. The van der Waals surface area contributed by atoms with Crippen molar-refractivity contribution < 1.29 is 17.9 Å². The lowest BCUT2D eigenvalue weighted by Crippen LogP contribution is -2.40. The highest BCUT2D eigenvalue weighted by molar-refractivity contribution is 7.92. The minimum Gasteiger partial charge on any atom is -0.474 e. The first-order valence-electron chi connectivity index (χ1n) is 6.69. The van der Waals surface area contributed by atoms with E-state index in [-0.39, 0.29) is 12.0 Å². The van der Waals surface area contributed by atoms with Crippen LogP contribution in [0.15, 0.2) is 18.3 Å². The minimum absolute atomic E-state index is 0.0295. The van der Waals surface area contributed by atoms with Crippen molar-refractivity contribution in [2.75, 3.05) is 24.1 Å². The number of ether oxygens (including phenoxy) is 1. The Balaban J connectivity index is 1.88. The fourth-order valence-corrected chi connectivity index (χ4v) is 2.73. The van der Waals surface area contributed by atoms with E-state index in [4.69, 9.17) is 4.74 Å². The number of amides is 1. The SMILES string of the molecule is CC(=O)N1CCC(Oc2ccc(NS(C)(=O)=O)cn2)CC1. The lowest BCUT2D eigenvalue weighted by atomic mass is 10.1. The van der Waals surface area contributed by atoms with Gasteiger partial charge in [0.2, 0.25) is 21.8 Å². The summed E-state index contributed by atoms with van der Waals surface area (Å²) >= 11 is 0. The van der Waals surface area contributed by atoms with Crippen LogP contribution < -0.4 is 9.46 Å². The summed E-state index contributed by atoms with van der Waals surface area (Å²) in [5.74, 6) is 0.540. The first-order valence-corrected chi connectivity index (χ1v) is 8.58. The number of aromatic nitrogens is 1. The molecule has 0 saturated carbocycles. The van der Waals surface area contributed by atoms with Crippen molar-refractivity contribution in [3.8, 4) is 5.88 Å². The number of carbonyl (C=O) groups is 1. The van der Waals surface area contributed by atoms with E-state index in [2.05, 4.69) is 9.71 Å². The molecule has 0 aliphatic carbocycles. The van der Waals surface area contributed by atoms with Gasteiger partial charge in [0, 0.05) is 38.9 Å². The van der Waals surface area contributed by atoms with Crippen molar-refractivity contribution in [1.29, 1.82) is 0 Å². The summed E-state index contributed by atoms with van der Waals surface area (Å²) in [6.45, 7) is 2.94. The fraction of sp³-hybridized carbons (Fsp3) is 0.538. The van der Waals surface area contributed by atoms with Crippen LogP contribution in [0.1, 0.15) is 19.8 Å². The van der Waals surface area contributed by atoms with Gasteiger partial charge in [-0.3, -0.25) is 9.52 Å². The predicted octanol–water partition coefficient (Wildman–Crippen LogP) is 0.843. The molecule has 1 N–H and O–H groups in total. The van der Waals surface area contributed by atoms with E-state index in [1.165, 1.54) is 6.20 Å². The number of hydrogen-bond donors (Lipinski definition) is 1. The van der Waals surface area contributed by atoms with Crippen LogP contribution in [0.5, 0.6) is 5.88 Å². The van der Waals surface area contributed by atoms with Gasteiger partial charge in [0.1, 0.15) is 6.10 Å². The number of likely N-dealkylation sites (tertiary alicyclic amines) is 1. The molecule has 21 heavy (non-hydrogen) atoms. The van der Waals surface area contributed by atoms with Crippen molar-refractivity contribution in [3.63, 3.8) is 0 Å². The summed E-state index contributed by atoms with van der Waals surface area (Å²) in [7, 11) is -3.30. The second-order valence-electron chi connectivity index (χ2n) is 5.08. The number of pyridine rings is 1. The van der Waals surface area contributed by atoms with Crippen LogP contribution in [0.4, 0.5) is 5.69 Å². The maximum Gasteiger partial charge on any atom is 0.229 e. The van der Waals surface area contributed by atoms with Crippen LogP contribution >= 0.6 is 0 Å². The molecule has 7 nitrogen and oxygen atoms in total. The number of sulfonamides is 1. The quantitative estimate of drug-likeness (QED) is 0.890. The molecule has 1 amide bonds. The van der Waals surface area contributed by atoms with Gasteiger partial charge in [-0.05, 0) is 6.07 Å². The molecule has 0 spiro atoms. The number of nitrogens with one attached hydrogen (secondary N) is 1. The molecule has 2 heterocycles. The third-order valence-electron chi connectivity index (χ3n) is 3.21. The highest BCUT2D eigenvalue weighted by Crippen LogP contribution is 2.19. The Morgan fingerprint density at radius 2 is 2.05 bits per heavy atom. The molecule has 116 valence electrons. The molecule has 0 aromatic carbocycles. The average molecular weight is 313 g/mol. The summed E-state index contributed by atoms with van der Waals surface area (Å²) in [6, 6.07) is 3.24. The fourth-order valence-electron chi connectivity index (χ4n) is 2.18. The summed E-state index contributed by atoms with van der Waals surface area (Å²) in [4.78, 5) is 17.1. The van der Waals surface area contributed by atoms with Gasteiger partial charge in [-0.2, -0.15) is 0 Å². The molecule has 1 fully saturated rings. The third kappa shape index (κ3) is 4.89. The normalized spacial score (nSPS) is 16.6. The Kier molecular flexibility index (Phi) is 4.66. The predicted molar refractivity (Wildman–Crippen MR) is 78.6 cm³/mol. The van der Waals surface area contributed by atoms with Crippen LogP contribution in [0.3, 0.4) is 0 Å². The molecule has 2 rings (SSSR count). The average Bonchev–Trinajstić information content (AvgIpc) is 2.40. The Morgan fingerprint density at radius 3 is 2.52 bits per heavy atom. The Hall–Kier alpha value is -1.83. The second kappa shape index (κ2) is 6.30. The highest BCUT2D eigenvalue weighted by Gasteiger charge is 2.22. The number of carbonyl (C=O) groups excluding carboxylic acids is 1. The molecule has 1 saturated heterocycles. The molecular formula is C13H19N3O4S. The lowest BCUT2D eigenvalue weighted by molar-refractivity contribution is -0.130. The summed E-state index contributed by atoms with van der Waals surface area (Å²) < 4.78 is 30.3. The van der Waals surface area contributed by atoms with Crippen LogP contribution in [-0.4, -0.2) is 49.7 Å². The van der Waals surface area contributed by atoms with Gasteiger partial charge in [-0.15, -0.1) is 0 Å². The maximum atomic E-state index is 11.2. The van der Waals surface area contributed by atoms with Gasteiger partial charge in [-0.1, -0.05) is 0 Å². The van der Waals surface area contributed by atoms with Crippen LogP contribution in [-0.2, 0) is 14.8 Å². The van der Waals surface area contributed by atoms with E-state index < -0.39 is 10.0 Å². The Labute approximate surface area is 124 Å². The zero-order chi connectivity index (χ0) is 15.5. The Bertz CT molecular complexity index is 592. The van der Waals surface area contributed by atoms with E-state index in [1.54, 1.807) is 24.0 Å². The van der Waals surface area contributed by atoms with Crippen molar-refractivity contribution in [1.82, 2.24) is 9.88 Å². The van der Waals surface area contributed by atoms with Gasteiger partial charge >= 0.3 is 0 Å². The van der Waals surface area contributed by atoms with Gasteiger partial charge < -0.3 is 9.64 Å². The number of rotatable bonds is 4. The minimum atomic E-state index is -3.30. The van der Waals surface area contributed by atoms with Crippen LogP contribution in [0.25, 0.3) is 0 Å². The molecule has 1 aliphatic heterocycles. The van der Waals surface area contributed by atoms with Gasteiger partial charge in [0.15, 0.2) is 0 Å². The molecule has 8 heteroatoms. The van der Waals surface area contributed by atoms with Crippen molar-refractivity contribution in [2.24, 2.45) is 0 Å². The summed E-state index contributed by atoms with van der Waals surface area (Å²) in [5, 5.41) is 0. The largest absolute Gasteiger partial charge is 0.474 e. The van der Waals surface area contributed by atoms with E-state index in [9.17, 15) is 13.2 Å². The van der Waals surface area contributed by atoms with Crippen LogP contribution in [0, 0.1) is 0 Å². The number of anilines is 1. The van der Waals surface area contributed by atoms with Crippen molar-refractivity contribution in [2.45, 2.75) is 25.9 Å². The van der Waals surface area contributed by atoms with E-state index in [0.29, 0.717) is 24.7 Å². The number of hydrogen-bond acceptors (Lipinski definition) is 5. The van der Waals surface area contributed by atoms with Gasteiger partial charge in [0.25, 0.3) is 0 Å². The third-order valence-corrected chi connectivity index (χ3v) is 3.82.